The molecule has 0 fully saturated rings. The Hall–Kier alpha value is -4.42. The predicted octanol–water partition coefficient (Wildman–Crippen LogP) is 6.23. The van der Waals surface area contributed by atoms with Gasteiger partial charge in [-0.3, -0.25) is 9.89 Å². The summed E-state index contributed by atoms with van der Waals surface area (Å²) in [5.74, 6) is 0.364. The van der Waals surface area contributed by atoms with Crippen LogP contribution in [-0.4, -0.2) is 22.3 Å². The monoisotopic (exact) mass is 480 g/mol. The maximum Gasteiger partial charge on any atom is 0.289 e. The number of nitrogens with zero attached hydrogens (tertiary/aromatic N) is 2. The zero-order valence-corrected chi connectivity index (χ0v) is 19.4. The van der Waals surface area contributed by atoms with Gasteiger partial charge in [0, 0.05) is 16.1 Å². The zero-order valence-electron chi connectivity index (χ0n) is 18.6. The number of aromatic nitrogens is 2. The minimum absolute atomic E-state index is 0.318. The van der Waals surface area contributed by atoms with Crippen molar-refractivity contribution in [3.8, 4) is 17.0 Å². The molecule has 1 aromatic heterocycles. The summed E-state index contributed by atoms with van der Waals surface area (Å²) in [6.45, 7) is 0.447. The molecule has 7 heteroatoms. The third-order valence-corrected chi connectivity index (χ3v) is 5.74. The molecule has 0 aliphatic heterocycles. The molecular formula is C28H21ClN4O2. The van der Waals surface area contributed by atoms with E-state index < -0.39 is 0 Å². The lowest BCUT2D eigenvalue weighted by Gasteiger charge is -2.07. The van der Waals surface area contributed by atoms with Crippen LogP contribution >= 0.6 is 11.6 Å². The Morgan fingerprint density at radius 1 is 0.971 bits per heavy atom. The summed E-state index contributed by atoms with van der Waals surface area (Å²) < 4.78 is 5.82. The third-order valence-electron chi connectivity index (χ3n) is 5.48. The van der Waals surface area contributed by atoms with E-state index in [2.05, 4.69) is 20.7 Å². The van der Waals surface area contributed by atoms with E-state index in [0.29, 0.717) is 23.0 Å². The minimum atomic E-state index is -0.372. The van der Waals surface area contributed by atoms with Gasteiger partial charge in [-0.25, -0.2) is 5.43 Å². The fourth-order valence-electron chi connectivity index (χ4n) is 3.64. The van der Waals surface area contributed by atoms with Crippen molar-refractivity contribution in [3.63, 3.8) is 0 Å². The summed E-state index contributed by atoms with van der Waals surface area (Å²) in [6, 6.07) is 30.7. The van der Waals surface area contributed by atoms with Crippen molar-refractivity contribution in [2.75, 3.05) is 0 Å². The number of rotatable bonds is 7. The quantitative estimate of drug-likeness (QED) is 0.214. The van der Waals surface area contributed by atoms with Gasteiger partial charge < -0.3 is 4.74 Å². The van der Waals surface area contributed by atoms with Crippen molar-refractivity contribution in [2.24, 2.45) is 5.10 Å². The maximum atomic E-state index is 12.5. The highest BCUT2D eigenvalue weighted by Crippen LogP contribution is 2.22. The lowest BCUT2D eigenvalue weighted by molar-refractivity contribution is 0.0950. The van der Waals surface area contributed by atoms with Gasteiger partial charge in [-0.05, 0) is 58.8 Å². The van der Waals surface area contributed by atoms with Crippen molar-refractivity contribution < 1.29 is 9.53 Å². The number of carbonyl (C=O) groups excluding carboxylic acids is 1. The first-order valence-electron chi connectivity index (χ1n) is 11.0. The second-order valence-electron chi connectivity index (χ2n) is 7.87. The van der Waals surface area contributed by atoms with Gasteiger partial charge in [-0.15, -0.1) is 0 Å². The number of aromatic amines is 1. The number of fused-ring (bicyclic) bond motifs is 1. The lowest BCUT2D eigenvalue weighted by Crippen LogP contribution is -2.18. The van der Waals surface area contributed by atoms with Crippen molar-refractivity contribution in [1.29, 1.82) is 0 Å². The first-order chi connectivity index (χ1) is 17.2. The molecule has 0 spiro atoms. The number of hydrogen-bond acceptors (Lipinski definition) is 4. The van der Waals surface area contributed by atoms with E-state index in [-0.39, 0.29) is 5.91 Å². The van der Waals surface area contributed by atoms with Gasteiger partial charge in [0.25, 0.3) is 5.91 Å². The van der Waals surface area contributed by atoms with E-state index in [1.807, 2.05) is 91.0 Å². The molecule has 172 valence electrons. The van der Waals surface area contributed by atoms with Crippen LogP contribution in [0.25, 0.3) is 22.0 Å². The second kappa shape index (κ2) is 10.2. The van der Waals surface area contributed by atoms with Gasteiger partial charge in [0.1, 0.15) is 18.1 Å². The van der Waals surface area contributed by atoms with Crippen molar-refractivity contribution in [3.05, 3.63) is 119 Å². The predicted molar refractivity (Wildman–Crippen MR) is 139 cm³/mol. The average molecular weight is 481 g/mol. The molecular weight excluding hydrogens is 460 g/mol. The van der Waals surface area contributed by atoms with Gasteiger partial charge in [-0.2, -0.15) is 10.2 Å². The van der Waals surface area contributed by atoms with Crippen LogP contribution in [0, 0.1) is 0 Å². The van der Waals surface area contributed by atoms with Crippen LogP contribution in [0.15, 0.2) is 102 Å². The lowest BCUT2D eigenvalue weighted by atomic mass is 10.1. The van der Waals surface area contributed by atoms with E-state index >= 15 is 0 Å². The summed E-state index contributed by atoms with van der Waals surface area (Å²) in [6.07, 6.45) is 1.64. The van der Waals surface area contributed by atoms with Crippen LogP contribution in [0.2, 0.25) is 5.02 Å². The molecule has 2 N–H and O–H groups in total. The summed E-state index contributed by atoms with van der Waals surface area (Å²) >= 11 is 5.91. The first kappa shape index (κ1) is 22.4. The number of ether oxygens (including phenoxy) is 1. The van der Waals surface area contributed by atoms with Gasteiger partial charge >= 0.3 is 0 Å². The highest BCUT2D eigenvalue weighted by atomic mass is 35.5. The van der Waals surface area contributed by atoms with E-state index in [9.17, 15) is 4.79 Å². The topological polar surface area (TPSA) is 79.4 Å². The summed E-state index contributed by atoms with van der Waals surface area (Å²) in [7, 11) is 0. The van der Waals surface area contributed by atoms with E-state index in [1.165, 1.54) is 0 Å². The average Bonchev–Trinajstić information content (AvgIpc) is 3.39. The number of hydrazone groups is 1. The number of H-pyrrole nitrogens is 1. The Labute approximate surface area is 207 Å². The van der Waals surface area contributed by atoms with Crippen molar-refractivity contribution >= 4 is 34.5 Å². The number of hydrogen-bond donors (Lipinski definition) is 2. The van der Waals surface area contributed by atoms with Crippen LogP contribution in [0.1, 0.15) is 21.6 Å². The van der Waals surface area contributed by atoms with Crippen LogP contribution in [0.5, 0.6) is 5.75 Å². The molecule has 4 aromatic carbocycles. The Balaban J connectivity index is 1.20. The summed E-state index contributed by atoms with van der Waals surface area (Å²) in [5, 5.41) is 14.0. The molecule has 1 heterocycles. The Bertz CT molecular complexity index is 1490. The molecule has 0 saturated carbocycles. The second-order valence-corrected chi connectivity index (χ2v) is 8.31. The molecule has 5 rings (SSSR count). The number of benzene rings is 4. The fraction of sp³-hybridized carbons (Fsp3) is 0.0357. The highest BCUT2D eigenvalue weighted by Gasteiger charge is 2.11. The van der Waals surface area contributed by atoms with Gasteiger partial charge in [0.15, 0.2) is 0 Å². The number of halogens is 1. The molecule has 35 heavy (non-hydrogen) atoms. The Morgan fingerprint density at radius 2 is 1.74 bits per heavy atom. The largest absolute Gasteiger partial charge is 0.489 e. The molecule has 0 aliphatic carbocycles. The molecule has 0 bridgehead atoms. The standard InChI is InChI=1S/C28H21ClN4O2/c29-23-12-8-19(9-13-23)18-35-24-14-10-21(11-15-24)26-16-27(32-31-26)28(34)33-30-17-22-6-3-5-20-4-1-2-7-25(20)22/h1-17H,18H2,(H,31,32)(H,33,34). The zero-order chi connectivity index (χ0) is 24.0. The van der Waals surface area contributed by atoms with Gasteiger partial charge in [0.05, 0.1) is 11.9 Å². The third kappa shape index (κ3) is 5.39. The molecule has 6 nitrogen and oxygen atoms in total. The van der Waals surface area contributed by atoms with Crippen LogP contribution in [-0.2, 0) is 6.61 Å². The van der Waals surface area contributed by atoms with Gasteiger partial charge in [-0.1, -0.05) is 66.2 Å². The van der Waals surface area contributed by atoms with E-state index in [1.54, 1.807) is 12.3 Å². The molecule has 1 amide bonds. The Kier molecular flexibility index (Phi) is 6.55. The van der Waals surface area contributed by atoms with E-state index in [4.69, 9.17) is 16.3 Å². The summed E-state index contributed by atoms with van der Waals surface area (Å²) in [4.78, 5) is 12.5. The molecule has 5 aromatic rings. The molecule has 0 aliphatic rings. The first-order valence-corrected chi connectivity index (χ1v) is 11.4. The highest BCUT2D eigenvalue weighted by molar-refractivity contribution is 6.30. The number of carbonyl (C=O) groups is 1. The maximum absolute atomic E-state index is 12.5. The van der Waals surface area contributed by atoms with E-state index in [0.717, 1.165) is 33.2 Å². The number of amides is 1. The normalized spacial score (nSPS) is 11.1. The Morgan fingerprint density at radius 3 is 2.57 bits per heavy atom. The van der Waals surface area contributed by atoms with Crippen molar-refractivity contribution in [1.82, 2.24) is 15.6 Å². The molecule has 0 radical (unpaired) electrons. The number of nitrogens with one attached hydrogen (secondary N) is 2. The fourth-order valence-corrected chi connectivity index (χ4v) is 3.76. The van der Waals surface area contributed by atoms with Crippen LogP contribution in [0.4, 0.5) is 0 Å². The molecule has 0 unspecified atom stereocenters. The van der Waals surface area contributed by atoms with Crippen LogP contribution in [0.3, 0.4) is 0 Å². The van der Waals surface area contributed by atoms with Crippen molar-refractivity contribution in [2.45, 2.75) is 6.61 Å². The minimum Gasteiger partial charge on any atom is -0.489 e. The molecule has 0 atom stereocenters. The van der Waals surface area contributed by atoms with Crippen LogP contribution < -0.4 is 10.2 Å². The summed E-state index contributed by atoms with van der Waals surface area (Å²) in [5.41, 5.74) is 6.34. The smallest absolute Gasteiger partial charge is 0.289 e. The van der Waals surface area contributed by atoms with Gasteiger partial charge in [0.2, 0.25) is 0 Å². The molecule has 0 saturated heterocycles. The SMILES string of the molecule is O=C(NN=Cc1cccc2ccccc12)c1cc(-c2ccc(OCc3ccc(Cl)cc3)cc2)n[nH]1.